The van der Waals surface area contributed by atoms with E-state index >= 15 is 0 Å². The maximum atomic E-state index is 12.0. The zero-order valence-corrected chi connectivity index (χ0v) is 13.1. The van der Waals surface area contributed by atoms with Crippen LogP contribution < -0.4 is 4.83 Å². The second-order valence-electron chi connectivity index (χ2n) is 4.22. The van der Waals surface area contributed by atoms with Gasteiger partial charge in [-0.1, -0.05) is 45.8 Å². The number of nitrogens with one attached hydrogen (secondary N) is 1. The molecule has 0 saturated heterocycles. The average Bonchev–Trinajstić information content (AvgIpc) is 2.39. The van der Waals surface area contributed by atoms with Gasteiger partial charge in [-0.25, -0.2) is 4.83 Å². The van der Waals surface area contributed by atoms with Crippen molar-refractivity contribution in [3.63, 3.8) is 0 Å². The zero-order chi connectivity index (χ0) is 14.6. The number of halogens is 1. The molecule has 0 bridgehead atoms. The smallest absolute Gasteiger partial charge is 0.200 e. The molecule has 0 heterocycles. The summed E-state index contributed by atoms with van der Waals surface area (Å²) in [4.78, 5) is 2.38. The third-order valence-corrected chi connectivity index (χ3v) is 4.30. The second kappa shape index (κ2) is 6.19. The maximum absolute atomic E-state index is 12.0. The van der Waals surface area contributed by atoms with Crippen LogP contribution >= 0.6 is 15.9 Å². The van der Waals surface area contributed by atoms with Crippen molar-refractivity contribution >= 4 is 32.2 Å². The van der Waals surface area contributed by atoms with E-state index in [9.17, 15) is 8.42 Å². The Morgan fingerprint density at radius 3 is 2.50 bits per heavy atom. The Kier molecular flexibility index (Phi) is 4.57. The minimum atomic E-state index is -3.62. The summed E-state index contributed by atoms with van der Waals surface area (Å²) in [6.45, 7) is 1.90. The van der Waals surface area contributed by atoms with Crippen molar-refractivity contribution < 1.29 is 8.42 Å². The van der Waals surface area contributed by atoms with Crippen LogP contribution in [-0.2, 0) is 10.0 Å². The lowest BCUT2D eigenvalue weighted by Crippen LogP contribution is -2.18. The summed E-state index contributed by atoms with van der Waals surface area (Å²) in [6.07, 6.45) is 1.45. The molecule has 0 amide bonds. The highest BCUT2D eigenvalue weighted by Crippen LogP contribution is 2.11. The molecule has 1 N–H and O–H groups in total. The fraction of sp³-hybridized carbons (Fsp3) is 0.0714. The van der Waals surface area contributed by atoms with Crippen molar-refractivity contribution in [2.24, 2.45) is 5.10 Å². The number of hydrazone groups is 1. The first-order valence-corrected chi connectivity index (χ1v) is 8.12. The van der Waals surface area contributed by atoms with Crippen molar-refractivity contribution in [1.29, 1.82) is 0 Å². The van der Waals surface area contributed by atoms with Crippen LogP contribution in [0.3, 0.4) is 0 Å². The van der Waals surface area contributed by atoms with E-state index in [2.05, 4.69) is 25.9 Å². The first-order valence-electron chi connectivity index (χ1n) is 5.84. The third-order valence-electron chi connectivity index (χ3n) is 2.57. The molecular weight excluding hydrogens is 340 g/mol. The molecule has 0 radical (unpaired) electrons. The van der Waals surface area contributed by atoms with E-state index in [4.69, 9.17) is 0 Å². The van der Waals surface area contributed by atoms with Crippen molar-refractivity contribution in [1.82, 2.24) is 4.83 Å². The molecule has 0 fully saturated rings. The second-order valence-corrected chi connectivity index (χ2v) is 6.80. The molecular formula is C14H13BrN2O2S. The fourth-order valence-corrected chi connectivity index (χ4v) is 2.74. The number of sulfonamides is 1. The van der Waals surface area contributed by atoms with Crippen molar-refractivity contribution in [3.8, 4) is 0 Å². The van der Waals surface area contributed by atoms with Crippen LogP contribution in [0.2, 0.25) is 0 Å². The van der Waals surface area contributed by atoms with Gasteiger partial charge in [0, 0.05) is 4.47 Å². The number of benzene rings is 2. The van der Waals surface area contributed by atoms with Crippen molar-refractivity contribution in [2.45, 2.75) is 11.8 Å². The number of rotatable bonds is 4. The molecule has 0 aliphatic carbocycles. The Hall–Kier alpha value is -1.66. The van der Waals surface area contributed by atoms with Crippen LogP contribution in [-0.4, -0.2) is 14.6 Å². The molecule has 2 aromatic rings. The lowest BCUT2D eigenvalue weighted by atomic mass is 10.2. The summed E-state index contributed by atoms with van der Waals surface area (Å²) in [5, 5.41) is 3.77. The highest BCUT2D eigenvalue weighted by atomic mass is 79.9. The Morgan fingerprint density at radius 1 is 1.15 bits per heavy atom. The average molecular weight is 353 g/mol. The van der Waals surface area contributed by atoms with Crippen LogP contribution in [0, 0.1) is 6.92 Å². The van der Waals surface area contributed by atoms with Crippen LogP contribution in [0.25, 0.3) is 0 Å². The molecule has 0 saturated carbocycles. The maximum Gasteiger partial charge on any atom is 0.276 e. The highest BCUT2D eigenvalue weighted by Gasteiger charge is 2.11. The van der Waals surface area contributed by atoms with Crippen LogP contribution in [0.15, 0.2) is 63.0 Å². The van der Waals surface area contributed by atoms with Crippen molar-refractivity contribution in [2.75, 3.05) is 0 Å². The van der Waals surface area contributed by atoms with Crippen molar-refractivity contribution in [3.05, 3.63) is 64.1 Å². The van der Waals surface area contributed by atoms with E-state index in [1.165, 1.54) is 6.21 Å². The quantitative estimate of drug-likeness (QED) is 0.678. The largest absolute Gasteiger partial charge is 0.276 e. The molecule has 0 spiro atoms. The first-order chi connectivity index (χ1) is 9.47. The predicted molar refractivity (Wildman–Crippen MR) is 83.2 cm³/mol. The monoisotopic (exact) mass is 352 g/mol. The minimum absolute atomic E-state index is 0.189. The summed E-state index contributed by atoms with van der Waals surface area (Å²) < 4.78 is 24.8. The fourth-order valence-electron chi connectivity index (χ4n) is 1.53. The number of hydrogen-bond donors (Lipinski definition) is 1. The summed E-state index contributed by atoms with van der Waals surface area (Å²) in [5.74, 6) is 0. The van der Waals surface area contributed by atoms with E-state index in [0.717, 1.165) is 15.6 Å². The van der Waals surface area contributed by atoms with Gasteiger partial charge in [0.1, 0.15) is 0 Å². The van der Waals surface area contributed by atoms with E-state index < -0.39 is 10.0 Å². The SMILES string of the molecule is Cc1ccc(S(=O)(=O)N/N=C/c2cccc(Br)c2)cc1. The highest BCUT2D eigenvalue weighted by molar-refractivity contribution is 9.10. The third kappa shape index (κ3) is 3.91. The van der Waals surface area contributed by atoms with Gasteiger partial charge in [0.25, 0.3) is 10.0 Å². The van der Waals surface area contributed by atoms with Gasteiger partial charge in [-0.15, -0.1) is 0 Å². The molecule has 2 aromatic carbocycles. The Bertz CT molecular complexity index is 725. The lowest BCUT2D eigenvalue weighted by Gasteiger charge is -2.03. The first kappa shape index (κ1) is 14.7. The van der Waals surface area contributed by atoms with Crippen LogP contribution in [0.5, 0.6) is 0 Å². The van der Waals surface area contributed by atoms with E-state index in [1.54, 1.807) is 24.3 Å². The molecule has 20 heavy (non-hydrogen) atoms. The number of nitrogens with zero attached hydrogens (tertiary/aromatic N) is 1. The van der Waals surface area contributed by atoms with Gasteiger partial charge >= 0.3 is 0 Å². The Morgan fingerprint density at radius 2 is 1.85 bits per heavy atom. The summed E-state index contributed by atoms with van der Waals surface area (Å²) in [6, 6.07) is 14.0. The van der Waals surface area contributed by atoms with E-state index in [0.29, 0.717) is 0 Å². The summed E-state index contributed by atoms with van der Waals surface area (Å²) in [7, 11) is -3.62. The van der Waals surface area contributed by atoms with Gasteiger partial charge in [0.15, 0.2) is 0 Å². The lowest BCUT2D eigenvalue weighted by molar-refractivity contribution is 0.584. The summed E-state index contributed by atoms with van der Waals surface area (Å²) >= 11 is 3.34. The molecule has 0 aromatic heterocycles. The van der Waals surface area contributed by atoms with Gasteiger partial charge in [-0.05, 0) is 36.8 Å². The van der Waals surface area contributed by atoms with Crippen LogP contribution in [0.1, 0.15) is 11.1 Å². The van der Waals surface area contributed by atoms with Crippen LogP contribution in [0.4, 0.5) is 0 Å². The molecule has 0 atom stereocenters. The van der Waals surface area contributed by atoms with Gasteiger partial charge in [-0.3, -0.25) is 0 Å². The number of hydrogen-bond acceptors (Lipinski definition) is 3. The van der Waals surface area contributed by atoms with E-state index in [-0.39, 0.29) is 4.90 Å². The normalized spacial score (nSPS) is 11.7. The minimum Gasteiger partial charge on any atom is -0.200 e. The number of aryl methyl sites for hydroxylation is 1. The molecule has 2 rings (SSSR count). The molecule has 0 unspecified atom stereocenters. The molecule has 6 heteroatoms. The van der Waals surface area contributed by atoms with Gasteiger partial charge < -0.3 is 0 Å². The predicted octanol–water partition coefficient (Wildman–Crippen LogP) is 3.07. The zero-order valence-electron chi connectivity index (χ0n) is 10.7. The standard InChI is InChI=1S/C14H13BrN2O2S/c1-11-5-7-14(8-6-11)20(18,19)17-16-10-12-3-2-4-13(15)9-12/h2-10,17H,1H3/b16-10+. The molecule has 0 aliphatic heterocycles. The summed E-state index contributed by atoms with van der Waals surface area (Å²) in [5.41, 5.74) is 1.80. The Labute approximate surface area is 126 Å². The van der Waals surface area contributed by atoms with Gasteiger partial charge in [-0.2, -0.15) is 13.5 Å². The van der Waals surface area contributed by atoms with E-state index in [1.807, 2.05) is 31.2 Å². The topological polar surface area (TPSA) is 58.5 Å². The van der Waals surface area contributed by atoms with Gasteiger partial charge in [0.2, 0.25) is 0 Å². The molecule has 4 nitrogen and oxygen atoms in total. The Balaban J connectivity index is 2.11. The van der Waals surface area contributed by atoms with Gasteiger partial charge in [0.05, 0.1) is 11.1 Å². The molecule has 104 valence electrons. The molecule has 0 aliphatic rings.